The van der Waals surface area contributed by atoms with Crippen molar-refractivity contribution in [2.75, 3.05) is 5.32 Å². The average Bonchev–Trinajstić information content (AvgIpc) is 3.09. The van der Waals surface area contributed by atoms with Crippen molar-refractivity contribution in [1.82, 2.24) is 0 Å². The van der Waals surface area contributed by atoms with Crippen molar-refractivity contribution in [2.24, 2.45) is 0 Å². The first-order valence-corrected chi connectivity index (χ1v) is 9.45. The average molecular weight is 406 g/mol. The van der Waals surface area contributed by atoms with Crippen LogP contribution >= 0.6 is 11.6 Å². The normalized spacial score (nSPS) is 14.6. The monoisotopic (exact) mass is 405 g/mol. The van der Waals surface area contributed by atoms with Crippen LogP contribution in [0, 0.1) is 5.82 Å². The van der Waals surface area contributed by atoms with Gasteiger partial charge in [-0.2, -0.15) is 0 Å². The molecule has 0 bridgehead atoms. The summed E-state index contributed by atoms with van der Waals surface area (Å²) < 4.78 is 18.5. The van der Waals surface area contributed by atoms with E-state index < -0.39 is 5.97 Å². The molecule has 1 heterocycles. The Bertz CT molecular complexity index is 1100. The molecule has 5 heteroatoms. The molecule has 0 fully saturated rings. The Hall–Kier alpha value is -3.37. The molecule has 4 rings (SSSR count). The van der Waals surface area contributed by atoms with Gasteiger partial charge in [-0.15, -0.1) is 0 Å². The van der Waals surface area contributed by atoms with Crippen molar-refractivity contribution in [1.29, 1.82) is 0 Å². The molecule has 1 aliphatic heterocycles. The number of carbonyl (C=O) groups is 1. The zero-order valence-electron chi connectivity index (χ0n) is 15.4. The molecule has 0 aromatic heterocycles. The van der Waals surface area contributed by atoms with E-state index in [0.29, 0.717) is 22.9 Å². The highest BCUT2D eigenvalue weighted by molar-refractivity contribution is 6.30. The molecule has 144 valence electrons. The van der Waals surface area contributed by atoms with Crippen LogP contribution in [0.2, 0.25) is 5.02 Å². The molecular weight excluding hydrogens is 389 g/mol. The van der Waals surface area contributed by atoms with Gasteiger partial charge in [0.05, 0.1) is 5.57 Å². The van der Waals surface area contributed by atoms with Gasteiger partial charge in [-0.25, -0.2) is 9.18 Å². The molecule has 0 spiro atoms. The molecule has 1 aliphatic rings. The van der Waals surface area contributed by atoms with E-state index in [4.69, 9.17) is 16.3 Å². The third-order valence-electron chi connectivity index (χ3n) is 4.52. The number of anilines is 1. The Labute approximate surface area is 173 Å². The van der Waals surface area contributed by atoms with Crippen LogP contribution in [0.25, 0.3) is 11.8 Å². The maximum absolute atomic E-state index is 13.1. The number of esters is 1. The molecule has 0 saturated carbocycles. The van der Waals surface area contributed by atoms with E-state index in [-0.39, 0.29) is 5.82 Å². The number of nitrogens with one attached hydrogen (secondary N) is 1. The second-order valence-electron chi connectivity index (χ2n) is 6.57. The fraction of sp³-hybridized carbons (Fsp3) is 0.0417. The van der Waals surface area contributed by atoms with Crippen LogP contribution in [0.4, 0.5) is 10.1 Å². The minimum Gasteiger partial charge on any atom is -0.422 e. The van der Waals surface area contributed by atoms with Crippen LogP contribution in [0.5, 0.6) is 0 Å². The van der Waals surface area contributed by atoms with Gasteiger partial charge in [0.2, 0.25) is 0 Å². The number of ether oxygens (including phenoxy) is 1. The number of cyclic esters (lactones) is 1. The Morgan fingerprint density at radius 2 is 1.69 bits per heavy atom. The standard InChI is InChI=1S/C24H17ClFNO2/c25-20-9-7-17(8-10-20)23-14-19(24(28)29-23)13-18-3-1-2-4-22(18)27-15-16-5-11-21(26)12-6-16/h1-14,27H,15H2. The molecule has 0 unspecified atom stereocenters. The van der Waals surface area contributed by atoms with Crippen LogP contribution < -0.4 is 5.32 Å². The molecule has 0 aliphatic carbocycles. The van der Waals surface area contributed by atoms with E-state index in [1.807, 2.05) is 36.4 Å². The number of halogens is 2. The predicted molar refractivity (Wildman–Crippen MR) is 114 cm³/mol. The summed E-state index contributed by atoms with van der Waals surface area (Å²) in [6.07, 6.45) is 3.51. The third kappa shape index (κ3) is 4.55. The van der Waals surface area contributed by atoms with Crippen molar-refractivity contribution in [3.05, 3.63) is 112 Å². The Balaban J connectivity index is 1.56. The van der Waals surface area contributed by atoms with Crippen LogP contribution in [0.3, 0.4) is 0 Å². The number of hydrogen-bond donors (Lipinski definition) is 1. The highest BCUT2D eigenvalue weighted by atomic mass is 35.5. The van der Waals surface area contributed by atoms with E-state index in [1.165, 1.54) is 12.1 Å². The van der Waals surface area contributed by atoms with Crippen molar-refractivity contribution < 1.29 is 13.9 Å². The largest absolute Gasteiger partial charge is 0.422 e. The predicted octanol–water partition coefficient (Wildman–Crippen LogP) is 6.07. The van der Waals surface area contributed by atoms with E-state index >= 15 is 0 Å². The van der Waals surface area contributed by atoms with Crippen LogP contribution in [0.15, 0.2) is 84.4 Å². The van der Waals surface area contributed by atoms with Crippen LogP contribution in [-0.2, 0) is 16.1 Å². The molecule has 0 amide bonds. The van der Waals surface area contributed by atoms with E-state index in [0.717, 1.165) is 22.4 Å². The van der Waals surface area contributed by atoms with Crippen molar-refractivity contribution in [2.45, 2.75) is 6.54 Å². The maximum atomic E-state index is 13.1. The summed E-state index contributed by atoms with van der Waals surface area (Å²) in [6, 6.07) is 21.1. The van der Waals surface area contributed by atoms with Gasteiger partial charge in [-0.3, -0.25) is 0 Å². The SMILES string of the molecule is O=C1OC(c2ccc(Cl)cc2)=CC1=Cc1ccccc1NCc1ccc(F)cc1. The van der Waals surface area contributed by atoms with Gasteiger partial charge in [-0.1, -0.05) is 41.9 Å². The molecule has 3 aromatic carbocycles. The molecule has 0 atom stereocenters. The summed E-state index contributed by atoms with van der Waals surface area (Å²) in [6.45, 7) is 0.538. The molecule has 0 saturated heterocycles. The Morgan fingerprint density at radius 1 is 0.966 bits per heavy atom. The number of carbonyl (C=O) groups excluding carboxylic acids is 1. The third-order valence-corrected chi connectivity index (χ3v) is 4.77. The second kappa shape index (κ2) is 8.33. The lowest BCUT2D eigenvalue weighted by atomic mass is 10.1. The molecule has 3 nitrogen and oxygen atoms in total. The fourth-order valence-electron chi connectivity index (χ4n) is 3.00. The van der Waals surface area contributed by atoms with Gasteiger partial charge in [0.15, 0.2) is 0 Å². The van der Waals surface area contributed by atoms with Crippen LogP contribution in [-0.4, -0.2) is 5.97 Å². The van der Waals surface area contributed by atoms with Gasteiger partial charge >= 0.3 is 5.97 Å². The first-order valence-electron chi connectivity index (χ1n) is 9.07. The number of hydrogen-bond acceptors (Lipinski definition) is 3. The summed E-state index contributed by atoms with van der Waals surface area (Å²) in [7, 11) is 0. The summed E-state index contributed by atoms with van der Waals surface area (Å²) in [5.41, 5.74) is 3.93. The van der Waals surface area contributed by atoms with Crippen LogP contribution in [0.1, 0.15) is 16.7 Å². The van der Waals surface area contributed by atoms with Gasteiger partial charge in [0, 0.05) is 22.8 Å². The van der Waals surface area contributed by atoms with Crippen molar-refractivity contribution >= 4 is 35.1 Å². The number of benzene rings is 3. The summed E-state index contributed by atoms with van der Waals surface area (Å²) in [4.78, 5) is 12.3. The van der Waals surface area contributed by atoms with E-state index in [2.05, 4.69) is 5.32 Å². The summed E-state index contributed by atoms with van der Waals surface area (Å²) in [5, 5.41) is 3.95. The maximum Gasteiger partial charge on any atom is 0.343 e. The van der Waals surface area contributed by atoms with Gasteiger partial charge in [-0.05, 0) is 65.7 Å². The Kier molecular flexibility index (Phi) is 5.45. The minimum absolute atomic E-state index is 0.262. The smallest absolute Gasteiger partial charge is 0.343 e. The van der Waals surface area contributed by atoms with E-state index in [9.17, 15) is 9.18 Å². The quantitative estimate of drug-likeness (QED) is 0.413. The number of para-hydroxylation sites is 1. The zero-order chi connectivity index (χ0) is 20.2. The van der Waals surface area contributed by atoms with Gasteiger partial charge in [0.25, 0.3) is 0 Å². The van der Waals surface area contributed by atoms with E-state index in [1.54, 1.807) is 36.4 Å². The van der Waals surface area contributed by atoms with Crippen molar-refractivity contribution in [3.8, 4) is 0 Å². The summed E-state index contributed by atoms with van der Waals surface area (Å²) >= 11 is 5.92. The second-order valence-corrected chi connectivity index (χ2v) is 7.01. The topological polar surface area (TPSA) is 38.3 Å². The van der Waals surface area contributed by atoms with Crippen molar-refractivity contribution in [3.63, 3.8) is 0 Å². The molecular formula is C24H17ClFNO2. The highest BCUT2D eigenvalue weighted by Crippen LogP contribution is 2.29. The lowest BCUT2D eigenvalue weighted by Gasteiger charge is -2.10. The first kappa shape index (κ1) is 19.0. The fourth-order valence-corrected chi connectivity index (χ4v) is 3.12. The molecule has 1 N–H and O–H groups in total. The highest BCUT2D eigenvalue weighted by Gasteiger charge is 2.22. The first-order chi connectivity index (χ1) is 14.1. The lowest BCUT2D eigenvalue weighted by Crippen LogP contribution is -2.02. The summed E-state index contributed by atoms with van der Waals surface area (Å²) in [5.74, 6) is -0.167. The molecule has 29 heavy (non-hydrogen) atoms. The zero-order valence-corrected chi connectivity index (χ0v) is 16.1. The molecule has 3 aromatic rings. The van der Waals surface area contributed by atoms with Gasteiger partial charge in [0.1, 0.15) is 11.6 Å². The Morgan fingerprint density at radius 3 is 2.45 bits per heavy atom. The molecule has 0 radical (unpaired) electrons. The van der Waals surface area contributed by atoms with Gasteiger partial charge < -0.3 is 10.1 Å². The lowest BCUT2D eigenvalue weighted by molar-refractivity contribution is -0.130. The minimum atomic E-state index is -0.400. The number of rotatable bonds is 5.